The highest BCUT2D eigenvalue weighted by Crippen LogP contribution is 2.04. The fourth-order valence-corrected chi connectivity index (χ4v) is 2.13. The molecule has 1 rings (SSSR count). The van der Waals surface area contributed by atoms with Gasteiger partial charge in [-0.05, 0) is 43.3 Å². The van der Waals surface area contributed by atoms with Gasteiger partial charge in [-0.1, -0.05) is 18.7 Å². The van der Waals surface area contributed by atoms with Crippen molar-refractivity contribution < 1.29 is 14.7 Å². The zero-order valence-electron chi connectivity index (χ0n) is 14.7. The Labute approximate surface area is 152 Å². The smallest absolute Gasteiger partial charge is 0.327 e. The number of hydrogen-bond acceptors (Lipinski definition) is 5. The standard InChI is InChI=1S/C18H25N3O3S/c1-11-5-6-12(16(22)21-15(10-25)17(23)24)7-13(11)8-14(19)9-20-18(2,3)4/h5-9,14-15,25H,1,10,19H2,2-4H3,(H,21,22)(H,23,24)/b13-8-,20-9?. The summed E-state index contributed by atoms with van der Waals surface area (Å²) < 4.78 is 0. The van der Waals surface area contributed by atoms with Crippen LogP contribution in [0.3, 0.4) is 0 Å². The Morgan fingerprint density at radius 1 is 1.44 bits per heavy atom. The molecule has 0 radical (unpaired) electrons. The van der Waals surface area contributed by atoms with Crippen LogP contribution >= 0.6 is 12.6 Å². The molecule has 6 nitrogen and oxygen atoms in total. The largest absolute Gasteiger partial charge is 0.480 e. The maximum absolute atomic E-state index is 12.2. The van der Waals surface area contributed by atoms with Crippen molar-refractivity contribution >= 4 is 43.4 Å². The van der Waals surface area contributed by atoms with E-state index in [-0.39, 0.29) is 11.3 Å². The number of thiol groups is 1. The number of carbonyl (C=O) groups excluding carboxylic acids is 1. The Morgan fingerprint density at radius 2 is 2.08 bits per heavy atom. The lowest BCUT2D eigenvalue weighted by atomic mass is 10.1. The minimum absolute atomic E-state index is 0.00160. The molecule has 0 spiro atoms. The van der Waals surface area contributed by atoms with Crippen LogP contribution in [0.4, 0.5) is 0 Å². The maximum Gasteiger partial charge on any atom is 0.327 e. The number of aliphatic imine (C=N–C) groups is 1. The third-order valence-corrected chi connectivity index (χ3v) is 3.57. The molecule has 0 bridgehead atoms. The van der Waals surface area contributed by atoms with E-state index in [9.17, 15) is 9.59 Å². The molecule has 25 heavy (non-hydrogen) atoms. The second-order valence-electron chi connectivity index (χ2n) is 6.65. The molecular weight excluding hydrogens is 338 g/mol. The fourth-order valence-electron chi connectivity index (χ4n) is 1.88. The molecule has 4 N–H and O–H groups in total. The molecule has 0 fully saturated rings. The van der Waals surface area contributed by atoms with Gasteiger partial charge in [-0.25, -0.2) is 4.79 Å². The first kappa shape index (κ1) is 20.9. The van der Waals surface area contributed by atoms with Gasteiger partial charge in [-0.15, -0.1) is 0 Å². The fraction of sp³-hybridized carbons (Fsp3) is 0.389. The van der Waals surface area contributed by atoms with Gasteiger partial charge in [0.2, 0.25) is 0 Å². The number of nitrogens with two attached hydrogens (primary N) is 1. The molecule has 0 heterocycles. The van der Waals surface area contributed by atoms with E-state index < -0.39 is 24.0 Å². The number of rotatable bonds is 6. The van der Waals surface area contributed by atoms with Crippen LogP contribution in [-0.2, 0) is 4.79 Å². The summed E-state index contributed by atoms with van der Waals surface area (Å²) in [4.78, 5) is 27.6. The summed E-state index contributed by atoms with van der Waals surface area (Å²) in [5.41, 5.74) is 6.13. The molecule has 7 heteroatoms. The third kappa shape index (κ3) is 7.11. The molecule has 1 amide bonds. The van der Waals surface area contributed by atoms with Crippen LogP contribution in [0, 0.1) is 0 Å². The summed E-state index contributed by atoms with van der Waals surface area (Å²) in [5, 5.41) is 12.8. The van der Waals surface area contributed by atoms with Gasteiger partial charge in [0.05, 0.1) is 11.6 Å². The SMILES string of the molecule is C=c1ccc(C(=O)NC(CS)C(=O)O)c/c1=C/C(N)C=NC(C)(C)C. The van der Waals surface area contributed by atoms with Crippen molar-refractivity contribution in [3.8, 4) is 0 Å². The van der Waals surface area contributed by atoms with Gasteiger partial charge in [0.25, 0.3) is 5.91 Å². The number of nitrogens with one attached hydrogen (secondary N) is 1. The molecule has 136 valence electrons. The molecule has 2 atom stereocenters. The lowest BCUT2D eigenvalue weighted by Gasteiger charge is -2.12. The highest BCUT2D eigenvalue weighted by Gasteiger charge is 2.18. The summed E-state index contributed by atoms with van der Waals surface area (Å²) in [6, 6.07) is 3.41. The summed E-state index contributed by atoms with van der Waals surface area (Å²) in [7, 11) is 0. The number of carboxylic acid groups (broad SMARTS) is 1. The monoisotopic (exact) mass is 363 g/mol. The van der Waals surface area contributed by atoms with E-state index in [1.54, 1.807) is 30.5 Å². The summed E-state index contributed by atoms with van der Waals surface area (Å²) in [6.45, 7) is 9.82. The number of amides is 1. The highest BCUT2D eigenvalue weighted by atomic mass is 32.1. The van der Waals surface area contributed by atoms with Gasteiger partial charge in [0.1, 0.15) is 6.04 Å². The first-order valence-electron chi connectivity index (χ1n) is 7.80. The molecule has 0 aromatic heterocycles. The quantitative estimate of drug-likeness (QED) is 0.428. The summed E-state index contributed by atoms with van der Waals surface area (Å²) >= 11 is 3.93. The molecule has 0 aliphatic carbocycles. The van der Waals surface area contributed by atoms with Crippen molar-refractivity contribution in [3.63, 3.8) is 0 Å². The molecule has 0 saturated carbocycles. The first-order valence-corrected chi connectivity index (χ1v) is 8.43. The van der Waals surface area contributed by atoms with E-state index in [0.29, 0.717) is 16.0 Å². The van der Waals surface area contributed by atoms with Gasteiger partial charge in [-0.3, -0.25) is 9.79 Å². The topological polar surface area (TPSA) is 105 Å². The molecule has 0 aliphatic heterocycles. The van der Waals surface area contributed by atoms with E-state index in [0.717, 1.165) is 0 Å². The number of carboxylic acids is 1. The number of aliphatic carboxylic acids is 1. The predicted molar refractivity (Wildman–Crippen MR) is 105 cm³/mol. The predicted octanol–water partition coefficient (Wildman–Crippen LogP) is 0.187. The van der Waals surface area contributed by atoms with Gasteiger partial charge in [-0.2, -0.15) is 12.6 Å². The molecule has 1 aromatic rings. The van der Waals surface area contributed by atoms with Crippen LogP contribution in [-0.4, -0.2) is 46.6 Å². The van der Waals surface area contributed by atoms with Gasteiger partial charge < -0.3 is 16.2 Å². The second-order valence-corrected chi connectivity index (χ2v) is 7.02. The van der Waals surface area contributed by atoms with E-state index in [1.807, 2.05) is 20.8 Å². The molecule has 1 aromatic carbocycles. The van der Waals surface area contributed by atoms with Crippen LogP contribution in [0.15, 0.2) is 23.2 Å². The van der Waals surface area contributed by atoms with Gasteiger partial charge >= 0.3 is 5.97 Å². The average molecular weight is 363 g/mol. The number of benzene rings is 1. The van der Waals surface area contributed by atoms with E-state index in [2.05, 4.69) is 29.5 Å². The van der Waals surface area contributed by atoms with Crippen molar-refractivity contribution in [2.75, 3.05) is 5.75 Å². The van der Waals surface area contributed by atoms with Crippen LogP contribution < -0.4 is 21.5 Å². The number of hydrogen-bond donors (Lipinski definition) is 4. The van der Waals surface area contributed by atoms with Crippen molar-refractivity contribution in [2.45, 2.75) is 38.4 Å². The van der Waals surface area contributed by atoms with Gasteiger partial charge in [0, 0.05) is 17.5 Å². The average Bonchev–Trinajstić information content (AvgIpc) is 2.51. The normalized spacial score (nSPS) is 15.2. The van der Waals surface area contributed by atoms with E-state index in [4.69, 9.17) is 10.8 Å². The Hall–Kier alpha value is -2.12. The lowest BCUT2D eigenvalue weighted by molar-refractivity contribution is -0.138. The Morgan fingerprint density at radius 3 is 2.60 bits per heavy atom. The highest BCUT2D eigenvalue weighted by molar-refractivity contribution is 7.80. The van der Waals surface area contributed by atoms with Crippen LogP contribution in [0.2, 0.25) is 0 Å². The Bertz CT molecular complexity index is 769. The van der Waals surface area contributed by atoms with Crippen LogP contribution in [0.5, 0.6) is 0 Å². The number of nitrogens with zero attached hydrogens (tertiary/aromatic N) is 1. The zero-order chi connectivity index (χ0) is 19.2. The van der Waals surface area contributed by atoms with Crippen LogP contribution in [0.25, 0.3) is 12.7 Å². The lowest BCUT2D eigenvalue weighted by Crippen LogP contribution is -2.42. The van der Waals surface area contributed by atoms with Gasteiger partial charge in [0.15, 0.2) is 0 Å². The zero-order valence-corrected chi connectivity index (χ0v) is 15.6. The minimum Gasteiger partial charge on any atom is -0.480 e. The third-order valence-electron chi connectivity index (χ3n) is 3.20. The van der Waals surface area contributed by atoms with E-state index in [1.165, 1.54) is 0 Å². The molecular formula is C18H25N3O3S. The Kier molecular flexibility index (Phi) is 7.38. The van der Waals surface area contributed by atoms with Crippen molar-refractivity contribution in [1.82, 2.24) is 5.32 Å². The summed E-state index contributed by atoms with van der Waals surface area (Å²) in [5.74, 6) is -1.63. The minimum atomic E-state index is -1.13. The number of carbonyl (C=O) groups is 2. The maximum atomic E-state index is 12.2. The molecule has 2 unspecified atom stereocenters. The van der Waals surface area contributed by atoms with E-state index >= 15 is 0 Å². The summed E-state index contributed by atoms with van der Waals surface area (Å²) in [6.07, 6.45) is 3.40. The first-order chi connectivity index (χ1) is 11.5. The van der Waals surface area contributed by atoms with Crippen molar-refractivity contribution in [2.24, 2.45) is 10.7 Å². The van der Waals surface area contributed by atoms with Crippen molar-refractivity contribution in [1.29, 1.82) is 0 Å². The molecule has 0 saturated heterocycles. The second kappa shape index (κ2) is 8.82. The Balaban J connectivity index is 3.09. The molecule has 0 aliphatic rings. The van der Waals surface area contributed by atoms with Crippen LogP contribution in [0.1, 0.15) is 31.1 Å². The van der Waals surface area contributed by atoms with Crippen molar-refractivity contribution in [3.05, 3.63) is 34.2 Å².